The normalized spacial score (nSPS) is 21.5. The van der Waals surface area contributed by atoms with E-state index in [1.165, 1.54) is 0 Å². The highest BCUT2D eigenvalue weighted by atomic mass is 16.2. The maximum absolute atomic E-state index is 12.2. The van der Waals surface area contributed by atoms with E-state index in [2.05, 4.69) is 18.7 Å². The molecular formula is C14H20N2O. The van der Waals surface area contributed by atoms with E-state index >= 15 is 0 Å². The molecule has 1 saturated heterocycles. The smallest absolute Gasteiger partial charge is 0.253 e. The summed E-state index contributed by atoms with van der Waals surface area (Å²) < 4.78 is 0. The molecule has 1 aromatic rings. The third kappa shape index (κ3) is 2.67. The van der Waals surface area contributed by atoms with Gasteiger partial charge in [0.15, 0.2) is 0 Å². The highest BCUT2D eigenvalue weighted by Gasteiger charge is 2.25. The molecule has 1 aliphatic heterocycles. The molecule has 0 aromatic heterocycles. The molecule has 2 rings (SSSR count). The summed E-state index contributed by atoms with van der Waals surface area (Å²) in [6, 6.07) is 10.0. The van der Waals surface area contributed by atoms with Gasteiger partial charge in [0.2, 0.25) is 0 Å². The molecule has 0 bridgehead atoms. The van der Waals surface area contributed by atoms with Crippen LogP contribution in [0.15, 0.2) is 30.3 Å². The average molecular weight is 232 g/mol. The fraction of sp³-hybridized carbons (Fsp3) is 0.500. The van der Waals surface area contributed by atoms with Gasteiger partial charge in [-0.1, -0.05) is 25.1 Å². The molecule has 0 radical (unpaired) electrons. The number of benzene rings is 1. The van der Waals surface area contributed by atoms with E-state index in [0.717, 1.165) is 31.7 Å². The second kappa shape index (κ2) is 5.32. The summed E-state index contributed by atoms with van der Waals surface area (Å²) in [5, 5.41) is 0. The first-order chi connectivity index (χ1) is 8.22. The monoisotopic (exact) mass is 232 g/mol. The third-order valence-corrected chi connectivity index (χ3v) is 3.48. The Kier molecular flexibility index (Phi) is 3.79. The van der Waals surface area contributed by atoms with Crippen LogP contribution in [0.4, 0.5) is 0 Å². The van der Waals surface area contributed by atoms with Gasteiger partial charge < -0.3 is 4.90 Å². The molecular weight excluding hydrogens is 212 g/mol. The van der Waals surface area contributed by atoms with Gasteiger partial charge in [0.1, 0.15) is 0 Å². The number of carbonyl (C=O) groups is 1. The lowest BCUT2D eigenvalue weighted by Gasteiger charge is -2.39. The van der Waals surface area contributed by atoms with Crippen molar-refractivity contribution in [1.82, 2.24) is 9.80 Å². The predicted molar refractivity (Wildman–Crippen MR) is 69.1 cm³/mol. The topological polar surface area (TPSA) is 23.6 Å². The molecule has 0 N–H and O–H groups in total. The van der Waals surface area contributed by atoms with Gasteiger partial charge in [0.25, 0.3) is 5.91 Å². The van der Waals surface area contributed by atoms with Gasteiger partial charge >= 0.3 is 0 Å². The maximum atomic E-state index is 12.2. The van der Waals surface area contributed by atoms with Crippen molar-refractivity contribution in [2.24, 2.45) is 0 Å². The van der Waals surface area contributed by atoms with E-state index < -0.39 is 0 Å². The standard InChI is InChI=1S/C14H20N2O/c1-3-15-9-10-16(11-12(15)2)14(17)13-7-5-4-6-8-13/h4-8,12H,3,9-11H2,1-2H3/t12-/m1/s1. The minimum Gasteiger partial charge on any atom is -0.336 e. The van der Waals surface area contributed by atoms with Crippen LogP contribution in [-0.4, -0.2) is 47.9 Å². The van der Waals surface area contributed by atoms with E-state index in [9.17, 15) is 4.79 Å². The fourth-order valence-electron chi connectivity index (χ4n) is 2.41. The minimum absolute atomic E-state index is 0.160. The van der Waals surface area contributed by atoms with Crippen molar-refractivity contribution in [1.29, 1.82) is 0 Å². The summed E-state index contributed by atoms with van der Waals surface area (Å²) in [7, 11) is 0. The number of amides is 1. The second-order valence-corrected chi connectivity index (χ2v) is 4.59. The van der Waals surface area contributed by atoms with E-state index in [0.29, 0.717) is 6.04 Å². The molecule has 0 saturated carbocycles. The molecule has 3 nitrogen and oxygen atoms in total. The number of rotatable bonds is 2. The highest BCUT2D eigenvalue weighted by molar-refractivity contribution is 5.94. The van der Waals surface area contributed by atoms with Crippen molar-refractivity contribution in [2.45, 2.75) is 19.9 Å². The first kappa shape index (κ1) is 12.1. The van der Waals surface area contributed by atoms with Crippen LogP contribution in [0, 0.1) is 0 Å². The van der Waals surface area contributed by atoms with Gasteiger partial charge in [0.05, 0.1) is 0 Å². The quantitative estimate of drug-likeness (QED) is 0.777. The fourth-order valence-corrected chi connectivity index (χ4v) is 2.41. The van der Waals surface area contributed by atoms with Crippen molar-refractivity contribution in [2.75, 3.05) is 26.2 Å². The number of nitrogens with zero attached hydrogens (tertiary/aromatic N) is 2. The average Bonchev–Trinajstić information content (AvgIpc) is 2.39. The van der Waals surface area contributed by atoms with Crippen molar-refractivity contribution in [3.8, 4) is 0 Å². The Morgan fingerprint density at radius 1 is 1.29 bits per heavy atom. The zero-order valence-electron chi connectivity index (χ0n) is 10.6. The molecule has 0 spiro atoms. The van der Waals surface area contributed by atoms with Crippen molar-refractivity contribution >= 4 is 5.91 Å². The van der Waals surface area contributed by atoms with Crippen LogP contribution in [0.3, 0.4) is 0 Å². The lowest BCUT2D eigenvalue weighted by Crippen LogP contribution is -2.53. The van der Waals surface area contributed by atoms with Gasteiger partial charge in [0, 0.05) is 31.2 Å². The largest absolute Gasteiger partial charge is 0.336 e. The molecule has 1 heterocycles. The maximum Gasteiger partial charge on any atom is 0.253 e. The third-order valence-electron chi connectivity index (χ3n) is 3.48. The zero-order chi connectivity index (χ0) is 12.3. The van der Waals surface area contributed by atoms with Gasteiger partial charge in [-0.15, -0.1) is 0 Å². The van der Waals surface area contributed by atoms with Crippen LogP contribution in [0.5, 0.6) is 0 Å². The molecule has 1 aromatic carbocycles. The first-order valence-electron chi connectivity index (χ1n) is 6.30. The van der Waals surface area contributed by atoms with Gasteiger partial charge in [-0.3, -0.25) is 9.69 Å². The van der Waals surface area contributed by atoms with Crippen LogP contribution in [0.2, 0.25) is 0 Å². The summed E-state index contributed by atoms with van der Waals surface area (Å²) in [5.41, 5.74) is 0.796. The Bertz CT molecular complexity index is 377. The number of likely N-dealkylation sites (N-methyl/N-ethyl adjacent to an activating group) is 1. The number of hydrogen-bond donors (Lipinski definition) is 0. The predicted octanol–water partition coefficient (Wildman–Crippen LogP) is 1.85. The van der Waals surface area contributed by atoms with E-state index in [1.54, 1.807) is 0 Å². The molecule has 92 valence electrons. The van der Waals surface area contributed by atoms with Crippen LogP contribution in [0.25, 0.3) is 0 Å². The molecule has 0 unspecified atom stereocenters. The van der Waals surface area contributed by atoms with Crippen molar-refractivity contribution < 1.29 is 4.79 Å². The van der Waals surface area contributed by atoms with Crippen molar-refractivity contribution in [3.63, 3.8) is 0 Å². The Balaban J connectivity index is 2.03. The number of hydrogen-bond acceptors (Lipinski definition) is 2. The molecule has 1 aliphatic rings. The summed E-state index contributed by atoms with van der Waals surface area (Å²) in [6.07, 6.45) is 0. The SMILES string of the molecule is CCN1CCN(C(=O)c2ccccc2)C[C@H]1C. The highest BCUT2D eigenvalue weighted by Crippen LogP contribution is 2.12. The summed E-state index contributed by atoms with van der Waals surface area (Å²) in [4.78, 5) is 16.6. The molecule has 0 aliphatic carbocycles. The summed E-state index contributed by atoms with van der Waals surface area (Å²) in [6.45, 7) is 8.08. The number of piperazine rings is 1. The van der Waals surface area contributed by atoms with Gasteiger partial charge in [-0.25, -0.2) is 0 Å². The lowest BCUT2D eigenvalue weighted by atomic mass is 10.1. The molecule has 1 amide bonds. The molecule has 17 heavy (non-hydrogen) atoms. The lowest BCUT2D eigenvalue weighted by molar-refractivity contribution is 0.0528. The summed E-state index contributed by atoms with van der Waals surface area (Å²) in [5.74, 6) is 0.160. The van der Waals surface area contributed by atoms with Gasteiger partial charge in [-0.05, 0) is 25.6 Å². The van der Waals surface area contributed by atoms with Crippen LogP contribution < -0.4 is 0 Å². The second-order valence-electron chi connectivity index (χ2n) is 4.59. The zero-order valence-corrected chi connectivity index (χ0v) is 10.6. The van der Waals surface area contributed by atoms with Crippen LogP contribution in [0.1, 0.15) is 24.2 Å². The Hall–Kier alpha value is -1.35. The minimum atomic E-state index is 0.160. The molecule has 1 atom stereocenters. The van der Waals surface area contributed by atoms with Crippen molar-refractivity contribution in [3.05, 3.63) is 35.9 Å². The number of carbonyl (C=O) groups excluding carboxylic acids is 1. The molecule has 3 heteroatoms. The Labute approximate surface area is 103 Å². The Morgan fingerprint density at radius 3 is 2.59 bits per heavy atom. The van der Waals surface area contributed by atoms with E-state index in [1.807, 2.05) is 35.2 Å². The van der Waals surface area contributed by atoms with E-state index in [-0.39, 0.29) is 5.91 Å². The summed E-state index contributed by atoms with van der Waals surface area (Å²) >= 11 is 0. The van der Waals surface area contributed by atoms with Gasteiger partial charge in [-0.2, -0.15) is 0 Å². The van der Waals surface area contributed by atoms with Crippen LogP contribution >= 0.6 is 0 Å². The van der Waals surface area contributed by atoms with E-state index in [4.69, 9.17) is 0 Å². The van der Waals surface area contributed by atoms with Crippen LogP contribution in [-0.2, 0) is 0 Å². The first-order valence-corrected chi connectivity index (χ1v) is 6.30. The Morgan fingerprint density at radius 2 is 2.00 bits per heavy atom. The molecule has 1 fully saturated rings.